The zero-order valence-electron chi connectivity index (χ0n) is 8.51. The molecule has 0 unspecified atom stereocenters. The van der Waals surface area contributed by atoms with Crippen LogP contribution in [0, 0.1) is 0 Å². The topological polar surface area (TPSA) is 64.1 Å². The lowest BCUT2D eigenvalue weighted by atomic mass is 10.1. The van der Waals surface area contributed by atoms with Gasteiger partial charge in [-0.25, -0.2) is 0 Å². The summed E-state index contributed by atoms with van der Waals surface area (Å²) in [4.78, 5) is 0. The van der Waals surface area contributed by atoms with E-state index < -0.39 is 0 Å². The van der Waals surface area contributed by atoms with Crippen LogP contribution in [0.3, 0.4) is 0 Å². The molecule has 4 heteroatoms. The molecule has 0 aliphatic carbocycles. The molecule has 0 spiro atoms. The lowest BCUT2D eigenvalue weighted by Crippen LogP contribution is -1.99. The van der Waals surface area contributed by atoms with Crippen LogP contribution in [0.15, 0.2) is 30.5 Å². The van der Waals surface area contributed by atoms with E-state index in [4.69, 9.17) is 5.73 Å². The number of nitrogens with zero attached hydrogens (tertiary/aromatic N) is 2. The molecule has 0 aliphatic heterocycles. The van der Waals surface area contributed by atoms with Gasteiger partial charge < -0.3 is 10.8 Å². The van der Waals surface area contributed by atoms with Crippen LogP contribution in [0.2, 0.25) is 0 Å². The Hall–Kier alpha value is -1.97. The first-order chi connectivity index (χ1) is 7.22. The molecule has 0 bridgehead atoms. The van der Waals surface area contributed by atoms with Crippen molar-refractivity contribution in [3.8, 4) is 17.0 Å². The number of rotatable bonds is 2. The third kappa shape index (κ3) is 1.66. The average molecular weight is 203 g/mol. The van der Waals surface area contributed by atoms with Crippen LogP contribution < -0.4 is 5.73 Å². The minimum Gasteiger partial charge on any atom is -0.508 e. The molecule has 0 fully saturated rings. The van der Waals surface area contributed by atoms with E-state index in [9.17, 15) is 5.11 Å². The van der Waals surface area contributed by atoms with Crippen molar-refractivity contribution >= 4 is 5.69 Å². The molecular formula is C11H13N3O. The number of aromatic hydroxyl groups is 1. The molecular weight excluding hydrogens is 190 g/mol. The number of hydrogen-bond donors (Lipinski definition) is 2. The minimum atomic E-state index is 0.250. The van der Waals surface area contributed by atoms with Crippen molar-refractivity contribution < 1.29 is 5.11 Å². The Morgan fingerprint density at radius 3 is 2.60 bits per heavy atom. The lowest BCUT2D eigenvalue weighted by Gasteiger charge is -2.05. The number of nitrogen functional groups attached to an aromatic ring is 1. The van der Waals surface area contributed by atoms with Crippen molar-refractivity contribution in [1.82, 2.24) is 9.78 Å². The van der Waals surface area contributed by atoms with Crippen LogP contribution in [0.4, 0.5) is 5.69 Å². The van der Waals surface area contributed by atoms with Crippen LogP contribution in [0.25, 0.3) is 11.3 Å². The largest absolute Gasteiger partial charge is 0.508 e. The fourth-order valence-electron chi connectivity index (χ4n) is 1.57. The SMILES string of the molecule is CCn1ncc(N)c1-c1ccc(O)cc1. The molecule has 4 nitrogen and oxygen atoms in total. The Morgan fingerprint density at radius 1 is 1.33 bits per heavy atom. The van der Waals surface area contributed by atoms with Crippen LogP contribution in [0.5, 0.6) is 5.75 Å². The molecule has 2 rings (SSSR count). The second-order valence-electron chi connectivity index (χ2n) is 3.31. The van der Waals surface area contributed by atoms with Crippen LogP contribution in [0.1, 0.15) is 6.92 Å². The number of phenolic OH excluding ortho intramolecular Hbond substituents is 1. The van der Waals surface area contributed by atoms with Gasteiger partial charge in [-0.3, -0.25) is 4.68 Å². The normalized spacial score (nSPS) is 10.5. The van der Waals surface area contributed by atoms with Crippen molar-refractivity contribution in [2.75, 3.05) is 5.73 Å². The summed E-state index contributed by atoms with van der Waals surface area (Å²) in [5.74, 6) is 0.250. The van der Waals surface area contributed by atoms with Crippen LogP contribution in [-0.2, 0) is 6.54 Å². The van der Waals surface area contributed by atoms with Gasteiger partial charge in [-0.2, -0.15) is 5.10 Å². The highest BCUT2D eigenvalue weighted by Crippen LogP contribution is 2.26. The Bertz CT molecular complexity index is 459. The third-order valence-electron chi connectivity index (χ3n) is 2.31. The van der Waals surface area contributed by atoms with Crippen molar-refractivity contribution in [2.24, 2.45) is 0 Å². The standard InChI is InChI=1S/C11H13N3O/c1-2-14-11(10(12)7-13-14)8-3-5-9(15)6-4-8/h3-7,15H,2,12H2,1H3. The van der Waals surface area contributed by atoms with E-state index in [0.29, 0.717) is 5.69 Å². The maximum Gasteiger partial charge on any atom is 0.115 e. The van der Waals surface area contributed by atoms with E-state index >= 15 is 0 Å². The van der Waals surface area contributed by atoms with E-state index in [-0.39, 0.29) is 5.75 Å². The minimum absolute atomic E-state index is 0.250. The summed E-state index contributed by atoms with van der Waals surface area (Å²) in [5, 5.41) is 13.4. The predicted molar refractivity (Wildman–Crippen MR) is 59.4 cm³/mol. The van der Waals surface area contributed by atoms with Gasteiger partial charge in [0.15, 0.2) is 0 Å². The average Bonchev–Trinajstić information content (AvgIpc) is 2.61. The third-order valence-corrected chi connectivity index (χ3v) is 2.31. The van der Waals surface area contributed by atoms with Gasteiger partial charge in [0.25, 0.3) is 0 Å². The molecule has 3 N–H and O–H groups in total. The van der Waals surface area contributed by atoms with E-state index in [1.54, 1.807) is 18.3 Å². The zero-order valence-corrected chi connectivity index (χ0v) is 8.51. The molecule has 0 aliphatic rings. The predicted octanol–water partition coefficient (Wildman–Crippen LogP) is 1.86. The van der Waals surface area contributed by atoms with Gasteiger partial charge in [0.1, 0.15) is 5.75 Å². The number of nitrogens with two attached hydrogens (primary N) is 1. The zero-order chi connectivity index (χ0) is 10.8. The molecule has 1 aromatic heterocycles. The Morgan fingerprint density at radius 2 is 2.00 bits per heavy atom. The first-order valence-electron chi connectivity index (χ1n) is 4.83. The van der Waals surface area contributed by atoms with Crippen molar-refractivity contribution in [3.63, 3.8) is 0 Å². The molecule has 0 saturated carbocycles. The number of phenols is 1. The summed E-state index contributed by atoms with van der Waals surface area (Å²) in [7, 11) is 0. The van der Waals surface area contributed by atoms with Crippen molar-refractivity contribution in [1.29, 1.82) is 0 Å². The van der Waals surface area contributed by atoms with Gasteiger partial charge in [-0.05, 0) is 31.2 Å². The fraction of sp³-hybridized carbons (Fsp3) is 0.182. The summed E-state index contributed by atoms with van der Waals surface area (Å²) in [6.07, 6.45) is 1.64. The van der Waals surface area contributed by atoms with E-state index in [1.165, 1.54) is 0 Å². The van der Waals surface area contributed by atoms with Crippen molar-refractivity contribution in [2.45, 2.75) is 13.5 Å². The molecule has 0 atom stereocenters. The molecule has 1 aromatic carbocycles. The van der Waals surface area contributed by atoms with Gasteiger partial charge in [-0.1, -0.05) is 0 Å². The Labute approximate surface area is 88.0 Å². The summed E-state index contributed by atoms with van der Waals surface area (Å²) in [6.45, 7) is 2.78. The number of benzene rings is 1. The highest BCUT2D eigenvalue weighted by atomic mass is 16.3. The van der Waals surface area contributed by atoms with Gasteiger partial charge in [0.2, 0.25) is 0 Å². The molecule has 0 amide bonds. The first kappa shape index (κ1) is 9.58. The highest BCUT2D eigenvalue weighted by molar-refractivity contribution is 5.72. The number of aryl methyl sites for hydroxylation is 1. The summed E-state index contributed by atoms with van der Waals surface area (Å²) in [6, 6.07) is 6.94. The summed E-state index contributed by atoms with van der Waals surface area (Å²) in [5.41, 5.74) is 8.36. The molecule has 2 aromatic rings. The molecule has 78 valence electrons. The van der Waals surface area contributed by atoms with Crippen molar-refractivity contribution in [3.05, 3.63) is 30.5 Å². The van der Waals surface area contributed by atoms with E-state index in [0.717, 1.165) is 17.8 Å². The monoisotopic (exact) mass is 203 g/mol. The van der Waals surface area contributed by atoms with Gasteiger partial charge >= 0.3 is 0 Å². The number of aromatic nitrogens is 2. The highest BCUT2D eigenvalue weighted by Gasteiger charge is 2.08. The summed E-state index contributed by atoms with van der Waals surface area (Å²) >= 11 is 0. The molecule has 0 saturated heterocycles. The van der Waals surface area contributed by atoms with E-state index in [2.05, 4.69) is 5.10 Å². The summed E-state index contributed by atoms with van der Waals surface area (Å²) < 4.78 is 1.84. The van der Waals surface area contributed by atoms with Gasteiger partial charge in [0.05, 0.1) is 17.6 Å². The molecule has 1 heterocycles. The first-order valence-corrected chi connectivity index (χ1v) is 4.83. The van der Waals surface area contributed by atoms with Gasteiger partial charge in [-0.15, -0.1) is 0 Å². The number of anilines is 1. The lowest BCUT2D eigenvalue weighted by molar-refractivity contribution is 0.475. The smallest absolute Gasteiger partial charge is 0.115 e. The quantitative estimate of drug-likeness (QED) is 0.783. The number of hydrogen-bond acceptors (Lipinski definition) is 3. The fourth-order valence-corrected chi connectivity index (χ4v) is 1.57. The second-order valence-corrected chi connectivity index (χ2v) is 3.31. The maximum absolute atomic E-state index is 9.20. The second kappa shape index (κ2) is 3.65. The Balaban J connectivity index is 2.52. The van der Waals surface area contributed by atoms with Crippen LogP contribution >= 0.6 is 0 Å². The molecule has 15 heavy (non-hydrogen) atoms. The Kier molecular flexibility index (Phi) is 2.33. The molecule has 0 radical (unpaired) electrons. The van der Waals surface area contributed by atoms with E-state index in [1.807, 2.05) is 23.7 Å². The van der Waals surface area contributed by atoms with Crippen LogP contribution in [-0.4, -0.2) is 14.9 Å². The maximum atomic E-state index is 9.20. The van der Waals surface area contributed by atoms with Gasteiger partial charge in [0, 0.05) is 12.1 Å².